The SMILES string of the molecule is CC(C)COC(=O)N[C@H]1CCN(C(C)(C)C)C1. The van der Waals surface area contributed by atoms with Crippen molar-refractivity contribution in [3.63, 3.8) is 0 Å². The minimum absolute atomic E-state index is 0.179. The summed E-state index contributed by atoms with van der Waals surface area (Å²) in [7, 11) is 0. The van der Waals surface area contributed by atoms with Gasteiger partial charge in [0.2, 0.25) is 0 Å². The van der Waals surface area contributed by atoms with E-state index in [4.69, 9.17) is 4.74 Å². The Labute approximate surface area is 105 Å². The van der Waals surface area contributed by atoms with Crippen molar-refractivity contribution in [1.82, 2.24) is 10.2 Å². The number of carbonyl (C=O) groups excluding carboxylic acids is 1. The van der Waals surface area contributed by atoms with Crippen LogP contribution >= 0.6 is 0 Å². The Morgan fingerprint density at radius 3 is 2.59 bits per heavy atom. The van der Waals surface area contributed by atoms with Gasteiger partial charge >= 0.3 is 6.09 Å². The Kier molecular flexibility index (Phi) is 4.80. The molecular formula is C13H26N2O2. The standard InChI is InChI=1S/C13H26N2O2/c1-10(2)9-17-12(16)14-11-6-7-15(8-11)13(3,4)5/h10-11H,6-9H2,1-5H3,(H,14,16)/t11-/m0/s1. The van der Waals surface area contributed by atoms with Gasteiger partial charge in [-0.2, -0.15) is 0 Å². The van der Waals surface area contributed by atoms with Gasteiger partial charge in [-0.3, -0.25) is 4.90 Å². The van der Waals surface area contributed by atoms with Crippen molar-refractivity contribution in [1.29, 1.82) is 0 Å². The Balaban J connectivity index is 2.28. The van der Waals surface area contributed by atoms with Gasteiger partial charge < -0.3 is 10.1 Å². The first kappa shape index (κ1) is 14.3. The quantitative estimate of drug-likeness (QED) is 0.825. The van der Waals surface area contributed by atoms with Crippen LogP contribution in [0.25, 0.3) is 0 Å². The van der Waals surface area contributed by atoms with Crippen molar-refractivity contribution in [2.24, 2.45) is 5.92 Å². The van der Waals surface area contributed by atoms with Crippen LogP contribution in [-0.4, -0.2) is 42.3 Å². The predicted octanol–water partition coefficient (Wildman–Crippen LogP) is 2.24. The van der Waals surface area contributed by atoms with Crippen molar-refractivity contribution in [2.75, 3.05) is 19.7 Å². The Morgan fingerprint density at radius 1 is 1.47 bits per heavy atom. The maximum atomic E-state index is 11.5. The molecule has 17 heavy (non-hydrogen) atoms. The first-order chi connectivity index (χ1) is 7.79. The number of nitrogens with zero attached hydrogens (tertiary/aromatic N) is 1. The summed E-state index contributed by atoms with van der Waals surface area (Å²) in [6.07, 6.45) is 0.730. The van der Waals surface area contributed by atoms with Crippen LogP contribution in [0.5, 0.6) is 0 Å². The summed E-state index contributed by atoms with van der Waals surface area (Å²) in [6, 6.07) is 0.230. The molecule has 0 saturated carbocycles. The lowest BCUT2D eigenvalue weighted by atomic mass is 10.1. The van der Waals surface area contributed by atoms with Crippen LogP contribution in [0, 0.1) is 5.92 Å². The minimum atomic E-state index is -0.278. The molecule has 1 fully saturated rings. The Bertz CT molecular complexity index is 259. The van der Waals surface area contributed by atoms with Gasteiger partial charge in [-0.15, -0.1) is 0 Å². The minimum Gasteiger partial charge on any atom is -0.449 e. The van der Waals surface area contributed by atoms with Crippen LogP contribution in [0.2, 0.25) is 0 Å². The third-order valence-electron chi connectivity index (χ3n) is 3.01. The van der Waals surface area contributed by atoms with E-state index in [2.05, 4.69) is 31.0 Å². The van der Waals surface area contributed by atoms with Crippen LogP contribution in [0.4, 0.5) is 4.79 Å². The average molecular weight is 242 g/mol. The van der Waals surface area contributed by atoms with Gasteiger partial charge in [-0.05, 0) is 33.1 Å². The van der Waals surface area contributed by atoms with E-state index < -0.39 is 0 Å². The van der Waals surface area contributed by atoms with E-state index >= 15 is 0 Å². The molecule has 1 atom stereocenters. The third kappa shape index (κ3) is 4.94. The number of alkyl carbamates (subject to hydrolysis) is 1. The van der Waals surface area contributed by atoms with Crippen molar-refractivity contribution in [2.45, 2.75) is 52.6 Å². The van der Waals surface area contributed by atoms with E-state index in [1.165, 1.54) is 0 Å². The smallest absolute Gasteiger partial charge is 0.407 e. The second-order valence-corrected chi connectivity index (χ2v) is 6.24. The van der Waals surface area contributed by atoms with E-state index in [-0.39, 0.29) is 17.7 Å². The zero-order chi connectivity index (χ0) is 13.1. The van der Waals surface area contributed by atoms with Crippen molar-refractivity contribution >= 4 is 6.09 Å². The fourth-order valence-electron chi connectivity index (χ4n) is 1.94. The molecule has 1 aliphatic rings. The van der Waals surface area contributed by atoms with E-state index in [0.717, 1.165) is 19.5 Å². The van der Waals surface area contributed by atoms with Gasteiger partial charge in [-0.1, -0.05) is 13.8 Å². The lowest BCUT2D eigenvalue weighted by Crippen LogP contribution is -2.43. The number of nitrogens with one attached hydrogen (secondary N) is 1. The molecule has 0 aromatic rings. The van der Waals surface area contributed by atoms with E-state index in [1.807, 2.05) is 13.8 Å². The van der Waals surface area contributed by atoms with E-state index in [1.54, 1.807) is 0 Å². The molecule has 1 N–H and O–H groups in total. The zero-order valence-electron chi connectivity index (χ0n) is 11.7. The first-order valence-electron chi connectivity index (χ1n) is 6.47. The molecule has 0 aliphatic carbocycles. The highest BCUT2D eigenvalue weighted by Crippen LogP contribution is 2.20. The molecular weight excluding hydrogens is 216 g/mol. The molecule has 0 radical (unpaired) electrons. The molecule has 0 aromatic carbocycles. The Morgan fingerprint density at radius 2 is 2.12 bits per heavy atom. The second kappa shape index (κ2) is 5.71. The van der Waals surface area contributed by atoms with Gasteiger partial charge in [0, 0.05) is 24.7 Å². The molecule has 4 heteroatoms. The predicted molar refractivity (Wildman–Crippen MR) is 69.1 cm³/mol. The first-order valence-corrected chi connectivity index (χ1v) is 6.47. The summed E-state index contributed by atoms with van der Waals surface area (Å²) in [5.41, 5.74) is 0.179. The van der Waals surface area contributed by atoms with Gasteiger partial charge in [0.05, 0.1) is 6.61 Å². The number of amides is 1. The number of hydrogen-bond donors (Lipinski definition) is 1. The number of carbonyl (C=O) groups is 1. The van der Waals surface area contributed by atoms with Crippen LogP contribution in [0.3, 0.4) is 0 Å². The molecule has 4 nitrogen and oxygen atoms in total. The number of ether oxygens (including phenoxy) is 1. The maximum absolute atomic E-state index is 11.5. The molecule has 0 unspecified atom stereocenters. The molecule has 0 spiro atoms. The number of rotatable bonds is 3. The summed E-state index contributed by atoms with van der Waals surface area (Å²) >= 11 is 0. The van der Waals surface area contributed by atoms with E-state index in [9.17, 15) is 4.79 Å². The third-order valence-corrected chi connectivity index (χ3v) is 3.01. The number of likely N-dealkylation sites (tertiary alicyclic amines) is 1. The summed E-state index contributed by atoms with van der Waals surface area (Å²) in [5.74, 6) is 0.385. The van der Waals surface area contributed by atoms with Gasteiger partial charge in [0.25, 0.3) is 0 Å². The van der Waals surface area contributed by atoms with Crippen LogP contribution < -0.4 is 5.32 Å². The molecule has 100 valence electrons. The molecule has 1 rings (SSSR count). The molecule has 0 aromatic heterocycles. The van der Waals surface area contributed by atoms with Gasteiger partial charge in [0.15, 0.2) is 0 Å². The monoisotopic (exact) mass is 242 g/mol. The lowest BCUT2D eigenvalue weighted by molar-refractivity contribution is 0.127. The zero-order valence-corrected chi connectivity index (χ0v) is 11.7. The fourth-order valence-corrected chi connectivity index (χ4v) is 1.94. The maximum Gasteiger partial charge on any atom is 0.407 e. The van der Waals surface area contributed by atoms with Crippen molar-refractivity contribution in [3.8, 4) is 0 Å². The molecule has 1 aliphatic heterocycles. The Hall–Kier alpha value is -0.770. The number of hydrogen-bond acceptors (Lipinski definition) is 3. The largest absolute Gasteiger partial charge is 0.449 e. The van der Waals surface area contributed by atoms with Crippen LogP contribution in [0.1, 0.15) is 41.0 Å². The van der Waals surface area contributed by atoms with Gasteiger partial charge in [0.1, 0.15) is 0 Å². The molecule has 0 bridgehead atoms. The highest BCUT2D eigenvalue weighted by Gasteiger charge is 2.31. The van der Waals surface area contributed by atoms with Crippen molar-refractivity contribution in [3.05, 3.63) is 0 Å². The summed E-state index contributed by atoms with van der Waals surface area (Å²) < 4.78 is 5.12. The summed E-state index contributed by atoms with van der Waals surface area (Å²) in [4.78, 5) is 13.9. The second-order valence-electron chi connectivity index (χ2n) is 6.24. The van der Waals surface area contributed by atoms with Crippen LogP contribution in [-0.2, 0) is 4.74 Å². The highest BCUT2D eigenvalue weighted by molar-refractivity contribution is 5.67. The summed E-state index contributed by atoms with van der Waals surface area (Å²) in [6.45, 7) is 13.1. The topological polar surface area (TPSA) is 41.6 Å². The van der Waals surface area contributed by atoms with Gasteiger partial charge in [-0.25, -0.2) is 4.79 Å². The van der Waals surface area contributed by atoms with Crippen molar-refractivity contribution < 1.29 is 9.53 Å². The lowest BCUT2D eigenvalue weighted by Gasteiger charge is -2.31. The normalized spacial score (nSPS) is 21.9. The molecule has 1 amide bonds. The van der Waals surface area contributed by atoms with E-state index in [0.29, 0.717) is 12.5 Å². The summed E-state index contributed by atoms with van der Waals surface area (Å²) in [5, 5.41) is 2.93. The average Bonchev–Trinajstić information content (AvgIpc) is 2.62. The van der Waals surface area contributed by atoms with Crippen LogP contribution in [0.15, 0.2) is 0 Å². The molecule has 1 heterocycles. The highest BCUT2D eigenvalue weighted by atomic mass is 16.5. The molecule has 1 saturated heterocycles. The fraction of sp³-hybridized carbons (Fsp3) is 0.923.